The molecule has 0 spiro atoms. The summed E-state index contributed by atoms with van der Waals surface area (Å²) in [5, 5.41) is 0. The van der Waals surface area contributed by atoms with Crippen LogP contribution in [0, 0.1) is 5.82 Å². The van der Waals surface area contributed by atoms with Gasteiger partial charge < -0.3 is 9.47 Å². The fourth-order valence-electron chi connectivity index (χ4n) is 1.88. The minimum atomic E-state index is -0.240. The van der Waals surface area contributed by atoms with E-state index in [0.717, 1.165) is 21.3 Å². The first-order chi connectivity index (χ1) is 10.1. The van der Waals surface area contributed by atoms with E-state index in [-0.39, 0.29) is 10.6 Å². The quantitative estimate of drug-likeness (QED) is 0.481. The summed E-state index contributed by atoms with van der Waals surface area (Å²) in [6, 6.07) is 12.4. The summed E-state index contributed by atoms with van der Waals surface area (Å²) in [7, 11) is 1.63. The fourth-order valence-corrected chi connectivity index (χ4v) is 2.96. The predicted molar refractivity (Wildman–Crippen MR) is 88.7 cm³/mol. The van der Waals surface area contributed by atoms with Crippen LogP contribution >= 0.6 is 31.9 Å². The van der Waals surface area contributed by atoms with E-state index in [0.29, 0.717) is 13.2 Å². The highest BCUT2D eigenvalue weighted by molar-refractivity contribution is 9.10. The zero-order valence-electron chi connectivity index (χ0n) is 11.5. The van der Waals surface area contributed by atoms with Crippen molar-refractivity contribution in [2.75, 3.05) is 20.3 Å². The average Bonchev–Trinajstić information content (AvgIpc) is 2.48. The van der Waals surface area contributed by atoms with Gasteiger partial charge >= 0.3 is 0 Å². The Morgan fingerprint density at radius 3 is 2.52 bits per heavy atom. The molecule has 0 saturated carbocycles. The lowest BCUT2D eigenvalue weighted by atomic mass is 10.0. The summed E-state index contributed by atoms with van der Waals surface area (Å²) < 4.78 is 24.7. The van der Waals surface area contributed by atoms with Crippen LogP contribution in [0.5, 0.6) is 5.75 Å². The molecule has 2 aromatic carbocycles. The highest BCUT2D eigenvalue weighted by Gasteiger charge is 2.13. The Labute approximate surface area is 140 Å². The molecule has 2 nitrogen and oxygen atoms in total. The molecule has 5 heteroatoms. The molecule has 1 unspecified atom stereocenters. The van der Waals surface area contributed by atoms with Crippen molar-refractivity contribution in [3.63, 3.8) is 0 Å². The lowest BCUT2D eigenvalue weighted by Crippen LogP contribution is -2.05. The lowest BCUT2D eigenvalue weighted by molar-refractivity contribution is 0.146. The van der Waals surface area contributed by atoms with Crippen LogP contribution in [-0.2, 0) is 4.74 Å². The van der Waals surface area contributed by atoms with E-state index >= 15 is 0 Å². The standard InChI is InChI=1S/C16H15Br2FO2/c1-20-7-8-21-15-6-5-12(10-14(15)17)16(18)11-3-2-4-13(19)9-11/h2-6,9-10,16H,7-8H2,1H3. The van der Waals surface area contributed by atoms with Crippen LogP contribution in [0.1, 0.15) is 16.0 Å². The monoisotopic (exact) mass is 416 g/mol. The van der Waals surface area contributed by atoms with E-state index in [9.17, 15) is 4.39 Å². The Bertz CT molecular complexity index is 605. The number of halogens is 3. The second kappa shape index (κ2) is 7.92. The molecule has 112 valence electrons. The normalized spacial score (nSPS) is 12.2. The average molecular weight is 418 g/mol. The van der Waals surface area contributed by atoms with E-state index in [1.54, 1.807) is 13.2 Å². The molecule has 0 aromatic heterocycles. The van der Waals surface area contributed by atoms with E-state index in [1.165, 1.54) is 12.1 Å². The molecule has 21 heavy (non-hydrogen) atoms. The van der Waals surface area contributed by atoms with Gasteiger partial charge in [-0.1, -0.05) is 34.1 Å². The van der Waals surface area contributed by atoms with E-state index in [2.05, 4.69) is 31.9 Å². The van der Waals surface area contributed by atoms with E-state index in [4.69, 9.17) is 9.47 Å². The van der Waals surface area contributed by atoms with Gasteiger partial charge in [0.1, 0.15) is 18.2 Å². The summed E-state index contributed by atoms with van der Waals surface area (Å²) in [6.07, 6.45) is 0. The van der Waals surface area contributed by atoms with Crippen LogP contribution in [-0.4, -0.2) is 20.3 Å². The second-order valence-electron chi connectivity index (χ2n) is 4.45. The first-order valence-corrected chi connectivity index (χ1v) is 8.13. The van der Waals surface area contributed by atoms with Crippen LogP contribution in [0.3, 0.4) is 0 Å². The molecular formula is C16H15Br2FO2. The smallest absolute Gasteiger partial charge is 0.133 e. The van der Waals surface area contributed by atoms with Crippen molar-refractivity contribution in [2.45, 2.75) is 4.83 Å². The van der Waals surface area contributed by atoms with Crippen molar-refractivity contribution in [3.8, 4) is 5.75 Å². The summed E-state index contributed by atoms with van der Waals surface area (Å²) in [6.45, 7) is 1.04. The highest BCUT2D eigenvalue weighted by Crippen LogP contribution is 2.35. The number of ether oxygens (including phenoxy) is 2. The van der Waals surface area contributed by atoms with Gasteiger partial charge in [-0.2, -0.15) is 0 Å². The molecule has 0 heterocycles. The molecule has 0 bridgehead atoms. The molecular weight excluding hydrogens is 403 g/mol. The summed E-state index contributed by atoms with van der Waals surface area (Å²) >= 11 is 7.10. The SMILES string of the molecule is COCCOc1ccc(C(Br)c2cccc(F)c2)cc1Br. The van der Waals surface area contributed by atoms with Crippen LogP contribution < -0.4 is 4.74 Å². The van der Waals surface area contributed by atoms with Crippen molar-refractivity contribution in [1.29, 1.82) is 0 Å². The molecule has 0 amide bonds. The van der Waals surface area contributed by atoms with E-state index < -0.39 is 0 Å². The number of hydrogen-bond donors (Lipinski definition) is 0. The maximum absolute atomic E-state index is 13.3. The van der Waals surface area contributed by atoms with Crippen molar-refractivity contribution in [2.24, 2.45) is 0 Å². The Kier molecular flexibility index (Phi) is 6.21. The van der Waals surface area contributed by atoms with Crippen molar-refractivity contribution >= 4 is 31.9 Å². The number of methoxy groups -OCH3 is 1. The van der Waals surface area contributed by atoms with Gasteiger partial charge in [0.25, 0.3) is 0 Å². The zero-order chi connectivity index (χ0) is 15.2. The van der Waals surface area contributed by atoms with E-state index in [1.807, 2.05) is 24.3 Å². The molecule has 0 N–H and O–H groups in total. The maximum atomic E-state index is 13.3. The molecule has 1 atom stereocenters. The Balaban J connectivity index is 2.15. The lowest BCUT2D eigenvalue weighted by Gasteiger charge is -2.14. The summed E-state index contributed by atoms with van der Waals surface area (Å²) in [4.78, 5) is -0.0717. The molecule has 2 rings (SSSR count). The topological polar surface area (TPSA) is 18.5 Å². The van der Waals surface area contributed by atoms with Crippen molar-refractivity contribution in [3.05, 3.63) is 63.9 Å². The minimum Gasteiger partial charge on any atom is -0.490 e. The third-order valence-electron chi connectivity index (χ3n) is 2.93. The first-order valence-electron chi connectivity index (χ1n) is 6.42. The molecule has 0 saturated heterocycles. The molecule has 0 radical (unpaired) electrons. The second-order valence-corrected chi connectivity index (χ2v) is 6.22. The van der Waals surface area contributed by atoms with Gasteiger partial charge in [-0.15, -0.1) is 0 Å². The summed E-state index contributed by atoms with van der Waals surface area (Å²) in [5.41, 5.74) is 1.89. The Morgan fingerprint density at radius 1 is 1.10 bits per heavy atom. The Hall–Kier alpha value is -0.910. The number of benzene rings is 2. The Morgan fingerprint density at radius 2 is 1.86 bits per heavy atom. The van der Waals surface area contributed by atoms with Gasteiger partial charge in [0.05, 0.1) is 15.9 Å². The third kappa shape index (κ3) is 4.53. The van der Waals surface area contributed by atoms with Crippen molar-refractivity contribution < 1.29 is 13.9 Å². The van der Waals surface area contributed by atoms with Crippen LogP contribution in [0.2, 0.25) is 0 Å². The fraction of sp³-hybridized carbons (Fsp3) is 0.250. The predicted octanol–water partition coefficient (Wildman–Crippen LogP) is 5.10. The first kappa shape index (κ1) is 16.5. The van der Waals surface area contributed by atoms with Gasteiger partial charge in [-0.25, -0.2) is 4.39 Å². The zero-order valence-corrected chi connectivity index (χ0v) is 14.7. The van der Waals surface area contributed by atoms with Gasteiger partial charge in [-0.3, -0.25) is 0 Å². The third-order valence-corrected chi connectivity index (χ3v) is 4.61. The minimum absolute atomic E-state index is 0.0717. The van der Waals surface area contributed by atoms with Crippen LogP contribution in [0.15, 0.2) is 46.9 Å². The molecule has 0 fully saturated rings. The van der Waals surface area contributed by atoms with Crippen molar-refractivity contribution in [1.82, 2.24) is 0 Å². The maximum Gasteiger partial charge on any atom is 0.133 e. The molecule has 0 aliphatic heterocycles. The number of hydrogen-bond acceptors (Lipinski definition) is 2. The van der Waals surface area contributed by atoms with Gasteiger partial charge in [0, 0.05) is 7.11 Å². The molecule has 2 aromatic rings. The van der Waals surface area contributed by atoms with Gasteiger partial charge in [-0.05, 0) is 51.3 Å². The van der Waals surface area contributed by atoms with Gasteiger partial charge in [0.2, 0.25) is 0 Å². The molecule has 0 aliphatic rings. The number of rotatable bonds is 6. The van der Waals surface area contributed by atoms with Gasteiger partial charge in [0.15, 0.2) is 0 Å². The number of alkyl halides is 1. The molecule has 0 aliphatic carbocycles. The van der Waals surface area contributed by atoms with Crippen LogP contribution in [0.4, 0.5) is 4.39 Å². The largest absolute Gasteiger partial charge is 0.490 e. The van der Waals surface area contributed by atoms with Crippen LogP contribution in [0.25, 0.3) is 0 Å². The highest BCUT2D eigenvalue weighted by atomic mass is 79.9. The summed E-state index contributed by atoms with van der Waals surface area (Å²) in [5.74, 6) is 0.519.